The van der Waals surface area contributed by atoms with E-state index in [9.17, 15) is 14.7 Å². The average Bonchev–Trinajstić information content (AvgIpc) is 2.45. The Morgan fingerprint density at radius 2 is 2.12 bits per heavy atom. The van der Waals surface area contributed by atoms with Crippen molar-refractivity contribution in [1.82, 2.24) is 4.90 Å². The number of rotatable bonds is 4. The number of carbonyl (C=O) groups is 2. The number of β-amino-alcohol motifs (C(OH)–C–C–N with tert-alkyl or cyclic N) is 1. The quantitative estimate of drug-likeness (QED) is 0.762. The molecule has 0 aliphatic carbocycles. The van der Waals surface area contributed by atoms with Crippen LogP contribution in [0, 0.1) is 11.3 Å². The summed E-state index contributed by atoms with van der Waals surface area (Å²) in [5.41, 5.74) is 0.0577. The highest BCUT2D eigenvalue weighted by Gasteiger charge is 2.37. The van der Waals surface area contributed by atoms with Crippen molar-refractivity contribution in [2.24, 2.45) is 11.3 Å². The molecule has 1 saturated heterocycles. The van der Waals surface area contributed by atoms with E-state index in [0.29, 0.717) is 13.0 Å². The lowest BCUT2D eigenvalue weighted by molar-refractivity contribution is -0.140. The molecule has 0 aromatic carbocycles. The third kappa shape index (κ3) is 4.00. The molecule has 0 bridgehead atoms. The Morgan fingerprint density at radius 3 is 2.53 bits per heavy atom. The third-order valence-electron chi connectivity index (χ3n) is 3.28. The molecule has 17 heavy (non-hydrogen) atoms. The number of likely N-dealkylation sites (tertiary alicyclic amines) is 1. The van der Waals surface area contributed by atoms with E-state index in [-0.39, 0.29) is 30.2 Å². The van der Waals surface area contributed by atoms with Crippen molar-refractivity contribution >= 4 is 11.9 Å². The van der Waals surface area contributed by atoms with Crippen molar-refractivity contribution in [1.29, 1.82) is 0 Å². The molecule has 98 valence electrons. The molecule has 1 aliphatic rings. The zero-order chi connectivity index (χ0) is 13.2. The molecule has 0 aromatic heterocycles. The summed E-state index contributed by atoms with van der Waals surface area (Å²) in [5.74, 6) is -0.766. The fraction of sp³-hybridized carbons (Fsp3) is 0.833. The second-order valence-electron chi connectivity index (χ2n) is 5.82. The van der Waals surface area contributed by atoms with Gasteiger partial charge in [-0.3, -0.25) is 9.59 Å². The van der Waals surface area contributed by atoms with Crippen molar-refractivity contribution in [2.45, 2.75) is 39.7 Å². The number of aliphatic hydroxyl groups excluding tert-OH is 1. The Balaban J connectivity index is 2.51. The molecule has 1 fully saturated rings. The van der Waals surface area contributed by atoms with E-state index in [1.54, 1.807) is 4.90 Å². The first kappa shape index (κ1) is 14.0. The molecule has 5 heteroatoms. The summed E-state index contributed by atoms with van der Waals surface area (Å²) >= 11 is 0. The van der Waals surface area contributed by atoms with Gasteiger partial charge in [-0.1, -0.05) is 20.8 Å². The SMILES string of the molecule is CC(C)(C)C1CC(=O)N(CC(O)CC(=O)O)C1. The second kappa shape index (κ2) is 5.04. The van der Waals surface area contributed by atoms with Crippen LogP contribution >= 0.6 is 0 Å². The highest BCUT2D eigenvalue weighted by Crippen LogP contribution is 2.34. The van der Waals surface area contributed by atoms with Gasteiger partial charge in [-0.05, 0) is 11.3 Å². The van der Waals surface area contributed by atoms with E-state index in [2.05, 4.69) is 20.8 Å². The van der Waals surface area contributed by atoms with Gasteiger partial charge in [-0.2, -0.15) is 0 Å². The normalized spacial score (nSPS) is 22.9. The molecule has 0 radical (unpaired) electrons. The highest BCUT2D eigenvalue weighted by atomic mass is 16.4. The first-order valence-electron chi connectivity index (χ1n) is 5.87. The van der Waals surface area contributed by atoms with Crippen LogP contribution in [0.3, 0.4) is 0 Å². The van der Waals surface area contributed by atoms with E-state index < -0.39 is 12.1 Å². The first-order chi connectivity index (χ1) is 7.70. The molecule has 2 atom stereocenters. The second-order valence-corrected chi connectivity index (χ2v) is 5.82. The topological polar surface area (TPSA) is 77.8 Å². The number of hydrogen-bond acceptors (Lipinski definition) is 3. The fourth-order valence-electron chi connectivity index (χ4n) is 2.05. The molecule has 0 saturated carbocycles. The minimum Gasteiger partial charge on any atom is -0.481 e. The largest absolute Gasteiger partial charge is 0.481 e. The number of aliphatic hydroxyl groups is 1. The van der Waals surface area contributed by atoms with Crippen LogP contribution in [0.4, 0.5) is 0 Å². The summed E-state index contributed by atoms with van der Waals surface area (Å²) in [7, 11) is 0. The Labute approximate surface area is 101 Å². The van der Waals surface area contributed by atoms with Gasteiger partial charge in [0.2, 0.25) is 5.91 Å². The zero-order valence-corrected chi connectivity index (χ0v) is 10.6. The summed E-state index contributed by atoms with van der Waals surface area (Å²) < 4.78 is 0. The molecule has 0 aromatic rings. The monoisotopic (exact) mass is 243 g/mol. The molecule has 1 aliphatic heterocycles. The first-order valence-corrected chi connectivity index (χ1v) is 5.87. The maximum atomic E-state index is 11.7. The van der Waals surface area contributed by atoms with Crippen LogP contribution in [0.1, 0.15) is 33.6 Å². The van der Waals surface area contributed by atoms with Crippen LogP contribution < -0.4 is 0 Å². The van der Waals surface area contributed by atoms with Gasteiger partial charge in [0.1, 0.15) is 0 Å². The smallest absolute Gasteiger partial charge is 0.306 e. The Hall–Kier alpha value is -1.10. The van der Waals surface area contributed by atoms with Gasteiger partial charge >= 0.3 is 5.97 Å². The van der Waals surface area contributed by atoms with Crippen LogP contribution in [0.2, 0.25) is 0 Å². The Kier molecular flexibility index (Phi) is 4.14. The third-order valence-corrected chi connectivity index (χ3v) is 3.28. The number of nitrogens with zero attached hydrogens (tertiary/aromatic N) is 1. The minimum absolute atomic E-state index is 0.00867. The minimum atomic E-state index is -1.04. The lowest BCUT2D eigenvalue weighted by atomic mass is 9.80. The number of carbonyl (C=O) groups excluding carboxylic acids is 1. The van der Waals surface area contributed by atoms with Gasteiger partial charge in [-0.15, -0.1) is 0 Å². The van der Waals surface area contributed by atoms with E-state index in [1.165, 1.54) is 0 Å². The zero-order valence-electron chi connectivity index (χ0n) is 10.6. The van der Waals surface area contributed by atoms with Gasteiger partial charge in [-0.25, -0.2) is 0 Å². The van der Waals surface area contributed by atoms with E-state index in [0.717, 1.165) is 0 Å². The molecule has 0 spiro atoms. The van der Waals surface area contributed by atoms with Crippen molar-refractivity contribution in [3.63, 3.8) is 0 Å². The van der Waals surface area contributed by atoms with Crippen LogP contribution in [0.15, 0.2) is 0 Å². The van der Waals surface area contributed by atoms with Crippen molar-refractivity contribution < 1.29 is 19.8 Å². The number of amides is 1. The van der Waals surface area contributed by atoms with Gasteiger partial charge in [0.25, 0.3) is 0 Å². The average molecular weight is 243 g/mol. The van der Waals surface area contributed by atoms with E-state index >= 15 is 0 Å². The van der Waals surface area contributed by atoms with Crippen LogP contribution in [0.25, 0.3) is 0 Å². The molecule has 1 amide bonds. The maximum Gasteiger partial charge on any atom is 0.306 e. The van der Waals surface area contributed by atoms with Crippen molar-refractivity contribution in [3.05, 3.63) is 0 Å². The molecular formula is C12H21NO4. The maximum absolute atomic E-state index is 11.7. The Morgan fingerprint density at radius 1 is 1.53 bits per heavy atom. The molecule has 5 nitrogen and oxygen atoms in total. The Bertz CT molecular complexity index is 308. The van der Waals surface area contributed by atoms with Gasteiger partial charge in [0.15, 0.2) is 0 Å². The summed E-state index contributed by atoms with van der Waals surface area (Å²) in [6, 6.07) is 0. The molecule has 2 N–H and O–H groups in total. The van der Waals surface area contributed by atoms with Gasteiger partial charge in [0, 0.05) is 19.5 Å². The molecule has 1 heterocycles. The number of hydrogen-bond donors (Lipinski definition) is 2. The molecule has 2 unspecified atom stereocenters. The number of aliphatic carboxylic acids is 1. The summed E-state index contributed by atoms with van der Waals surface area (Å²) in [6.45, 7) is 6.99. The lowest BCUT2D eigenvalue weighted by Crippen LogP contribution is -2.35. The van der Waals surface area contributed by atoms with Crippen LogP contribution in [-0.4, -0.2) is 46.2 Å². The number of carboxylic acid groups (broad SMARTS) is 1. The predicted molar refractivity (Wildman–Crippen MR) is 62.4 cm³/mol. The van der Waals surface area contributed by atoms with Gasteiger partial charge in [0.05, 0.1) is 12.5 Å². The lowest BCUT2D eigenvalue weighted by Gasteiger charge is -2.27. The molecular weight excluding hydrogens is 222 g/mol. The number of carboxylic acids is 1. The van der Waals surface area contributed by atoms with E-state index in [1.807, 2.05) is 0 Å². The standard InChI is InChI=1S/C12H21NO4/c1-12(2,3)8-4-10(15)13(6-8)7-9(14)5-11(16)17/h8-9,14H,4-7H2,1-3H3,(H,16,17). The summed E-state index contributed by atoms with van der Waals surface area (Å²) in [5, 5.41) is 18.1. The summed E-state index contributed by atoms with van der Waals surface area (Å²) in [6.07, 6.45) is -0.803. The fourth-order valence-corrected chi connectivity index (χ4v) is 2.05. The van der Waals surface area contributed by atoms with Crippen LogP contribution in [-0.2, 0) is 9.59 Å². The van der Waals surface area contributed by atoms with Crippen molar-refractivity contribution in [2.75, 3.05) is 13.1 Å². The van der Waals surface area contributed by atoms with Crippen molar-refractivity contribution in [3.8, 4) is 0 Å². The molecule has 1 rings (SSSR count). The van der Waals surface area contributed by atoms with Crippen LogP contribution in [0.5, 0.6) is 0 Å². The highest BCUT2D eigenvalue weighted by molar-refractivity contribution is 5.79. The van der Waals surface area contributed by atoms with Gasteiger partial charge < -0.3 is 15.1 Å². The predicted octanol–water partition coefficient (Wildman–Crippen LogP) is 0.717. The summed E-state index contributed by atoms with van der Waals surface area (Å²) in [4.78, 5) is 23.7. The van der Waals surface area contributed by atoms with E-state index in [4.69, 9.17) is 5.11 Å².